The molecule has 22 heavy (non-hydrogen) atoms. The fraction of sp³-hybridized carbons (Fsp3) is 0.368. The normalized spacial score (nSPS) is 26.6. The third kappa shape index (κ3) is 2.52. The molecule has 0 aromatic heterocycles. The number of carbonyl (C=O) groups excluding carboxylic acids is 2. The molecule has 1 fully saturated rings. The minimum Gasteiger partial charge on any atom is -0.497 e. The summed E-state index contributed by atoms with van der Waals surface area (Å²) < 4.78 is 5.15. The number of ketones is 2. The van der Waals surface area contributed by atoms with Crippen molar-refractivity contribution in [3.63, 3.8) is 0 Å². The average Bonchev–Trinajstić information content (AvgIpc) is 2.53. The van der Waals surface area contributed by atoms with Crippen molar-refractivity contribution < 1.29 is 14.3 Å². The predicted molar refractivity (Wildman–Crippen MR) is 85.6 cm³/mol. The topological polar surface area (TPSA) is 43.4 Å². The molecule has 0 saturated heterocycles. The summed E-state index contributed by atoms with van der Waals surface area (Å²) in [5, 5.41) is 0. The molecule has 0 spiro atoms. The lowest BCUT2D eigenvalue weighted by atomic mass is 9.63. The number of carbonyl (C=O) groups is 2. The summed E-state index contributed by atoms with van der Waals surface area (Å²) in [5.74, 6) is 1.14. The zero-order chi connectivity index (χ0) is 15.7. The standard InChI is InChI=1S/C19H20O3/c1-19-10-9-16(20)12-15(19)6-5-14(18(19)21)11-13-3-7-17(22-2)8-4-13/h3-4,7-8,11-12H,5-6,9-10H2,1-2H3/b14-11+. The molecule has 0 N–H and O–H groups in total. The van der Waals surface area contributed by atoms with E-state index in [-0.39, 0.29) is 11.6 Å². The van der Waals surface area contributed by atoms with Gasteiger partial charge in [0.1, 0.15) is 5.75 Å². The van der Waals surface area contributed by atoms with Gasteiger partial charge in [-0.1, -0.05) is 17.7 Å². The van der Waals surface area contributed by atoms with Gasteiger partial charge in [0.25, 0.3) is 0 Å². The van der Waals surface area contributed by atoms with Crippen molar-refractivity contribution in [1.29, 1.82) is 0 Å². The van der Waals surface area contributed by atoms with Gasteiger partial charge in [0, 0.05) is 6.42 Å². The molecule has 114 valence electrons. The molecule has 0 radical (unpaired) electrons. The number of Topliss-reactive ketones (excluding diaryl/α,β-unsaturated/α-hetero) is 1. The van der Waals surface area contributed by atoms with E-state index < -0.39 is 5.41 Å². The zero-order valence-electron chi connectivity index (χ0n) is 13.0. The van der Waals surface area contributed by atoms with Gasteiger partial charge in [0.15, 0.2) is 11.6 Å². The molecule has 0 bridgehead atoms. The highest BCUT2D eigenvalue weighted by Crippen LogP contribution is 2.46. The molecule has 3 heteroatoms. The van der Waals surface area contributed by atoms with E-state index in [9.17, 15) is 9.59 Å². The Balaban J connectivity index is 1.90. The van der Waals surface area contributed by atoms with Crippen molar-refractivity contribution in [2.75, 3.05) is 7.11 Å². The van der Waals surface area contributed by atoms with Gasteiger partial charge in [0.05, 0.1) is 12.5 Å². The Morgan fingerprint density at radius 3 is 2.50 bits per heavy atom. The van der Waals surface area contributed by atoms with Crippen molar-refractivity contribution in [3.05, 3.63) is 47.1 Å². The smallest absolute Gasteiger partial charge is 0.168 e. The van der Waals surface area contributed by atoms with Gasteiger partial charge in [-0.3, -0.25) is 9.59 Å². The molecule has 2 aliphatic rings. The molecule has 1 atom stereocenters. The first-order valence-corrected chi connectivity index (χ1v) is 7.66. The van der Waals surface area contributed by atoms with Crippen LogP contribution in [0.3, 0.4) is 0 Å². The Bertz CT molecular complexity index is 679. The molecule has 1 unspecified atom stereocenters. The van der Waals surface area contributed by atoms with Crippen LogP contribution in [0.25, 0.3) is 6.08 Å². The molecule has 0 heterocycles. The Morgan fingerprint density at radius 1 is 1.09 bits per heavy atom. The van der Waals surface area contributed by atoms with Gasteiger partial charge in [0.2, 0.25) is 0 Å². The molecule has 1 saturated carbocycles. The lowest BCUT2D eigenvalue weighted by molar-refractivity contribution is -0.125. The van der Waals surface area contributed by atoms with Crippen molar-refractivity contribution in [2.24, 2.45) is 5.41 Å². The first-order chi connectivity index (χ1) is 10.5. The van der Waals surface area contributed by atoms with Crippen LogP contribution in [0.2, 0.25) is 0 Å². The monoisotopic (exact) mass is 296 g/mol. The highest BCUT2D eigenvalue weighted by molar-refractivity contribution is 6.08. The molecule has 3 nitrogen and oxygen atoms in total. The zero-order valence-corrected chi connectivity index (χ0v) is 13.0. The number of methoxy groups -OCH3 is 1. The van der Waals surface area contributed by atoms with Gasteiger partial charge in [-0.05, 0) is 61.6 Å². The van der Waals surface area contributed by atoms with Crippen molar-refractivity contribution >= 4 is 17.6 Å². The van der Waals surface area contributed by atoms with Crippen molar-refractivity contribution in [3.8, 4) is 5.75 Å². The fourth-order valence-corrected chi connectivity index (χ4v) is 3.34. The highest BCUT2D eigenvalue weighted by atomic mass is 16.5. The largest absolute Gasteiger partial charge is 0.497 e. The molecule has 0 aliphatic heterocycles. The van der Waals surface area contributed by atoms with Crippen LogP contribution in [0.5, 0.6) is 5.75 Å². The lowest BCUT2D eigenvalue weighted by Gasteiger charge is -2.38. The van der Waals surface area contributed by atoms with E-state index in [1.165, 1.54) is 0 Å². The van der Waals surface area contributed by atoms with E-state index in [0.717, 1.165) is 28.9 Å². The first kappa shape index (κ1) is 14.8. The molecule has 2 aliphatic carbocycles. The maximum absolute atomic E-state index is 12.9. The Hall–Kier alpha value is -2.16. The number of benzene rings is 1. The quantitative estimate of drug-likeness (QED) is 0.781. The summed E-state index contributed by atoms with van der Waals surface area (Å²) in [6.07, 6.45) is 6.29. The summed E-state index contributed by atoms with van der Waals surface area (Å²) in [5.41, 5.74) is 2.40. The lowest BCUT2D eigenvalue weighted by Crippen LogP contribution is -2.38. The fourth-order valence-electron chi connectivity index (χ4n) is 3.34. The van der Waals surface area contributed by atoms with Crippen LogP contribution >= 0.6 is 0 Å². The van der Waals surface area contributed by atoms with Crippen molar-refractivity contribution in [1.82, 2.24) is 0 Å². The van der Waals surface area contributed by atoms with Crippen LogP contribution in [-0.4, -0.2) is 18.7 Å². The van der Waals surface area contributed by atoms with E-state index in [4.69, 9.17) is 4.74 Å². The number of rotatable bonds is 2. The van der Waals surface area contributed by atoms with Gasteiger partial charge in [-0.25, -0.2) is 0 Å². The van der Waals surface area contributed by atoms with Gasteiger partial charge >= 0.3 is 0 Å². The van der Waals surface area contributed by atoms with E-state index >= 15 is 0 Å². The maximum atomic E-state index is 12.9. The minimum absolute atomic E-state index is 0.155. The summed E-state index contributed by atoms with van der Waals surface area (Å²) in [6.45, 7) is 1.98. The Morgan fingerprint density at radius 2 is 1.82 bits per heavy atom. The summed E-state index contributed by atoms with van der Waals surface area (Å²) in [4.78, 5) is 24.5. The molecule has 3 rings (SSSR count). The Kier molecular flexibility index (Phi) is 3.73. The van der Waals surface area contributed by atoms with Crippen LogP contribution < -0.4 is 4.74 Å². The first-order valence-electron chi connectivity index (χ1n) is 7.66. The second-order valence-corrected chi connectivity index (χ2v) is 6.24. The maximum Gasteiger partial charge on any atom is 0.168 e. The number of allylic oxidation sites excluding steroid dienone is 3. The third-order valence-electron chi connectivity index (χ3n) is 4.83. The van der Waals surface area contributed by atoms with Crippen LogP contribution in [0.15, 0.2) is 41.5 Å². The molecule has 1 aromatic rings. The predicted octanol–water partition coefficient (Wildman–Crippen LogP) is 3.74. The SMILES string of the molecule is COc1ccc(/C=C2\CCC3=CC(=O)CCC3(C)C2=O)cc1. The molecular weight excluding hydrogens is 276 g/mol. The highest BCUT2D eigenvalue weighted by Gasteiger charge is 2.43. The number of hydrogen-bond acceptors (Lipinski definition) is 3. The summed E-state index contributed by atoms with van der Waals surface area (Å²) in [7, 11) is 1.64. The van der Waals surface area contributed by atoms with E-state index in [2.05, 4.69) is 0 Å². The van der Waals surface area contributed by atoms with E-state index in [0.29, 0.717) is 19.3 Å². The molecular formula is C19H20O3. The summed E-state index contributed by atoms with van der Waals surface area (Å²) in [6, 6.07) is 7.70. The van der Waals surface area contributed by atoms with E-state index in [1.807, 2.05) is 37.3 Å². The third-order valence-corrected chi connectivity index (χ3v) is 4.83. The number of fused-ring (bicyclic) bond motifs is 1. The van der Waals surface area contributed by atoms with Crippen LogP contribution in [-0.2, 0) is 9.59 Å². The summed E-state index contributed by atoms with van der Waals surface area (Å²) >= 11 is 0. The average molecular weight is 296 g/mol. The van der Waals surface area contributed by atoms with Gasteiger partial charge < -0.3 is 4.74 Å². The second-order valence-electron chi connectivity index (χ2n) is 6.24. The number of ether oxygens (including phenoxy) is 1. The second kappa shape index (κ2) is 5.56. The van der Waals surface area contributed by atoms with Crippen LogP contribution in [0.1, 0.15) is 38.2 Å². The molecule has 0 amide bonds. The van der Waals surface area contributed by atoms with E-state index in [1.54, 1.807) is 13.2 Å². The Labute approximate surface area is 130 Å². The minimum atomic E-state index is -0.482. The van der Waals surface area contributed by atoms with Crippen molar-refractivity contribution in [2.45, 2.75) is 32.6 Å². The van der Waals surface area contributed by atoms with Crippen LogP contribution in [0, 0.1) is 5.41 Å². The van der Waals surface area contributed by atoms with Crippen LogP contribution in [0.4, 0.5) is 0 Å². The van der Waals surface area contributed by atoms with Gasteiger partial charge in [-0.2, -0.15) is 0 Å². The number of hydrogen-bond donors (Lipinski definition) is 0. The molecule has 1 aromatic carbocycles. The van der Waals surface area contributed by atoms with Gasteiger partial charge in [-0.15, -0.1) is 0 Å².